The molecule has 1 aromatic heterocycles. The molecule has 0 fully saturated rings. The van der Waals surface area contributed by atoms with E-state index in [1.165, 1.54) is 32.7 Å². The second-order valence-corrected chi connectivity index (χ2v) is 9.07. The summed E-state index contributed by atoms with van der Waals surface area (Å²) in [5, 5.41) is 12.0. The molecule has 1 heterocycles. The highest BCUT2D eigenvalue weighted by Gasteiger charge is 2.21. The van der Waals surface area contributed by atoms with Crippen LogP contribution in [-0.2, 0) is 23.9 Å². The summed E-state index contributed by atoms with van der Waals surface area (Å²) < 4.78 is 16.4. The predicted octanol–water partition coefficient (Wildman–Crippen LogP) is 3.32. The molecule has 14 heteroatoms. The third kappa shape index (κ3) is 6.80. The van der Waals surface area contributed by atoms with Crippen LogP contribution in [0.1, 0.15) is 20.8 Å². The molecule has 1 amide bonds. The summed E-state index contributed by atoms with van der Waals surface area (Å²) in [6.45, 7) is 4.68. The monoisotopic (exact) mass is 596 g/mol. The van der Waals surface area contributed by atoms with Crippen molar-refractivity contribution in [2.45, 2.75) is 20.8 Å². The summed E-state index contributed by atoms with van der Waals surface area (Å²) in [6.07, 6.45) is 0. The summed E-state index contributed by atoms with van der Waals surface area (Å²) in [7, 11) is 1.48. The van der Waals surface area contributed by atoms with Gasteiger partial charge < -0.3 is 30.2 Å². The number of halogens is 2. The van der Waals surface area contributed by atoms with Crippen molar-refractivity contribution in [3.05, 3.63) is 27.7 Å². The van der Waals surface area contributed by atoms with Crippen LogP contribution in [0.15, 0.2) is 22.7 Å². The number of carbonyl (C=O) groups is 3. The van der Waals surface area contributed by atoms with Crippen molar-refractivity contribution in [2.75, 3.05) is 49.4 Å². The van der Waals surface area contributed by atoms with E-state index in [0.717, 1.165) is 0 Å². The van der Waals surface area contributed by atoms with Gasteiger partial charge in [-0.15, -0.1) is 15.0 Å². The maximum Gasteiger partial charge on any atom is 0.302 e. The fraction of sp³-hybridized carbons (Fsp3) is 0.348. The van der Waals surface area contributed by atoms with Gasteiger partial charge in [0, 0.05) is 31.3 Å². The van der Waals surface area contributed by atoms with Crippen LogP contribution in [0.25, 0.3) is 16.7 Å². The lowest BCUT2D eigenvalue weighted by Crippen LogP contribution is -2.32. The topological polar surface area (TPSA) is 151 Å². The van der Waals surface area contributed by atoms with E-state index in [-0.39, 0.29) is 37.2 Å². The largest absolute Gasteiger partial charge is 0.494 e. The SMILES string of the molecule is COc1cc(-n2nc3c(Br)cc(N)c(Cl)c3n2)c(NC(C)=O)cc1N(CCOC(C)=O)CCOC(C)=O. The van der Waals surface area contributed by atoms with Crippen LogP contribution < -0.4 is 20.7 Å². The molecule has 0 radical (unpaired) electrons. The standard InChI is InChI=1S/C23H26BrClN6O6/c1-12(32)27-17-10-19(30(5-7-36-13(2)33)6-8-37-14(3)34)20(35-4)11-18(17)31-28-22-15(24)9-16(26)21(25)23(22)29-31/h9-11H,5-8,26H2,1-4H3,(H,27,32). The van der Waals surface area contributed by atoms with Crippen LogP contribution in [-0.4, -0.2) is 66.3 Å². The second-order valence-electron chi connectivity index (χ2n) is 7.84. The quantitative estimate of drug-likeness (QED) is 0.263. The van der Waals surface area contributed by atoms with Gasteiger partial charge in [-0.05, 0) is 28.1 Å². The number of benzene rings is 2. The Morgan fingerprint density at radius 3 is 2.19 bits per heavy atom. The number of nitrogens with two attached hydrogens (primary N) is 1. The van der Waals surface area contributed by atoms with Crippen molar-refractivity contribution in [1.29, 1.82) is 0 Å². The minimum atomic E-state index is -0.427. The van der Waals surface area contributed by atoms with Gasteiger partial charge in [0.25, 0.3) is 0 Å². The first-order chi connectivity index (χ1) is 17.5. The van der Waals surface area contributed by atoms with Gasteiger partial charge in [0.2, 0.25) is 5.91 Å². The molecule has 0 spiro atoms. The van der Waals surface area contributed by atoms with Crippen LogP contribution in [0, 0.1) is 0 Å². The number of nitrogens with one attached hydrogen (secondary N) is 1. The Bertz CT molecular complexity index is 1330. The van der Waals surface area contributed by atoms with E-state index in [9.17, 15) is 14.4 Å². The summed E-state index contributed by atoms with van der Waals surface area (Å²) >= 11 is 9.78. The van der Waals surface area contributed by atoms with Crippen molar-refractivity contribution in [1.82, 2.24) is 15.0 Å². The second kappa shape index (κ2) is 12.1. The fourth-order valence-corrected chi connectivity index (χ4v) is 4.20. The van der Waals surface area contributed by atoms with Crippen molar-refractivity contribution < 1.29 is 28.6 Å². The van der Waals surface area contributed by atoms with Gasteiger partial charge in [0.1, 0.15) is 35.7 Å². The van der Waals surface area contributed by atoms with E-state index < -0.39 is 11.9 Å². The maximum atomic E-state index is 12.1. The number of hydrogen-bond acceptors (Lipinski definition) is 10. The van der Waals surface area contributed by atoms with Gasteiger partial charge in [-0.2, -0.15) is 0 Å². The zero-order valence-electron chi connectivity index (χ0n) is 20.6. The molecule has 0 saturated heterocycles. The van der Waals surface area contributed by atoms with Gasteiger partial charge in [0.05, 0.1) is 42.3 Å². The van der Waals surface area contributed by atoms with E-state index in [2.05, 4.69) is 31.4 Å². The summed E-state index contributed by atoms with van der Waals surface area (Å²) in [5.74, 6) is -0.781. The number of nitrogen functional groups attached to an aromatic ring is 1. The smallest absolute Gasteiger partial charge is 0.302 e. The molecule has 0 atom stereocenters. The van der Waals surface area contributed by atoms with E-state index in [4.69, 9.17) is 31.5 Å². The number of methoxy groups -OCH3 is 1. The number of amides is 1. The number of esters is 2. The summed E-state index contributed by atoms with van der Waals surface area (Å²) in [5.41, 5.74) is 8.45. The first-order valence-corrected chi connectivity index (χ1v) is 12.2. The minimum Gasteiger partial charge on any atom is -0.494 e. The molecule has 2 aromatic carbocycles. The molecule has 0 aliphatic heterocycles. The predicted molar refractivity (Wildman–Crippen MR) is 142 cm³/mol. The molecular weight excluding hydrogens is 572 g/mol. The summed E-state index contributed by atoms with van der Waals surface area (Å²) in [4.78, 5) is 37.8. The Balaban J connectivity index is 2.13. The van der Waals surface area contributed by atoms with Crippen LogP contribution >= 0.6 is 27.5 Å². The number of carbonyl (C=O) groups excluding carboxylic acids is 3. The molecule has 0 aliphatic carbocycles. The highest BCUT2D eigenvalue weighted by Crippen LogP contribution is 2.38. The lowest BCUT2D eigenvalue weighted by atomic mass is 10.2. The number of anilines is 3. The first kappa shape index (κ1) is 28.0. The molecule has 0 unspecified atom stereocenters. The van der Waals surface area contributed by atoms with E-state index >= 15 is 0 Å². The number of ether oxygens (including phenoxy) is 3. The van der Waals surface area contributed by atoms with Gasteiger partial charge >= 0.3 is 11.9 Å². The van der Waals surface area contributed by atoms with Crippen LogP contribution in [0.2, 0.25) is 5.02 Å². The van der Waals surface area contributed by atoms with Crippen molar-refractivity contribution in [2.24, 2.45) is 0 Å². The zero-order chi connectivity index (χ0) is 27.3. The lowest BCUT2D eigenvalue weighted by Gasteiger charge is -2.27. The van der Waals surface area contributed by atoms with E-state index in [1.807, 2.05) is 0 Å². The van der Waals surface area contributed by atoms with E-state index in [1.54, 1.807) is 23.1 Å². The molecule has 37 heavy (non-hydrogen) atoms. The van der Waals surface area contributed by atoms with Gasteiger partial charge in [0.15, 0.2) is 0 Å². The van der Waals surface area contributed by atoms with Gasteiger partial charge in [-0.1, -0.05) is 11.6 Å². The average Bonchev–Trinajstić information content (AvgIpc) is 3.27. The molecule has 3 rings (SSSR count). The van der Waals surface area contributed by atoms with Crippen LogP contribution in [0.3, 0.4) is 0 Å². The van der Waals surface area contributed by atoms with Crippen LogP contribution in [0.4, 0.5) is 17.1 Å². The number of aromatic nitrogens is 3. The lowest BCUT2D eigenvalue weighted by molar-refractivity contribution is -0.141. The molecule has 0 aliphatic rings. The molecule has 198 valence electrons. The Morgan fingerprint density at radius 1 is 1.05 bits per heavy atom. The Kier molecular flexibility index (Phi) is 9.16. The Hall–Kier alpha value is -3.58. The third-order valence-corrected chi connectivity index (χ3v) is 6.08. The van der Waals surface area contributed by atoms with Crippen molar-refractivity contribution >= 4 is 73.5 Å². The number of rotatable bonds is 10. The average molecular weight is 598 g/mol. The molecule has 0 bridgehead atoms. The molecule has 3 aromatic rings. The first-order valence-electron chi connectivity index (χ1n) is 11.0. The number of fused-ring (bicyclic) bond motifs is 1. The highest BCUT2D eigenvalue weighted by atomic mass is 79.9. The molecule has 12 nitrogen and oxygen atoms in total. The summed E-state index contributed by atoms with van der Waals surface area (Å²) in [6, 6.07) is 4.96. The third-order valence-electron chi connectivity index (χ3n) is 5.08. The number of hydrogen-bond donors (Lipinski definition) is 2. The number of nitrogens with zero attached hydrogens (tertiary/aromatic N) is 4. The van der Waals surface area contributed by atoms with Gasteiger partial charge in [-0.3, -0.25) is 14.4 Å². The Morgan fingerprint density at radius 2 is 1.65 bits per heavy atom. The Labute approximate surface area is 226 Å². The molecular formula is C23H26BrClN6O6. The van der Waals surface area contributed by atoms with Crippen molar-refractivity contribution in [3.8, 4) is 11.4 Å². The molecule has 0 saturated carbocycles. The normalized spacial score (nSPS) is 10.8. The fourth-order valence-electron chi connectivity index (χ4n) is 3.50. The minimum absolute atomic E-state index is 0.0792. The van der Waals surface area contributed by atoms with Crippen molar-refractivity contribution in [3.63, 3.8) is 0 Å². The van der Waals surface area contributed by atoms with Crippen LogP contribution in [0.5, 0.6) is 5.75 Å². The van der Waals surface area contributed by atoms with Gasteiger partial charge in [-0.25, -0.2) is 0 Å². The molecule has 3 N–H and O–H groups in total. The zero-order valence-corrected chi connectivity index (χ0v) is 23.0. The highest BCUT2D eigenvalue weighted by molar-refractivity contribution is 9.10. The van der Waals surface area contributed by atoms with E-state index in [0.29, 0.717) is 44.0 Å². The maximum absolute atomic E-state index is 12.1.